The van der Waals surface area contributed by atoms with E-state index in [0.29, 0.717) is 0 Å². The Morgan fingerprint density at radius 1 is 0.439 bits per heavy atom. The molecule has 0 spiro atoms. The van der Waals surface area contributed by atoms with Crippen LogP contribution < -0.4 is 20.4 Å². The molecule has 0 saturated carbocycles. The summed E-state index contributed by atoms with van der Waals surface area (Å²) < 4.78 is 0. The van der Waals surface area contributed by atoms with Crippen molar-refractivity contribution in [1.82, 2.24) is 19.9 Å². The number of carboxylic acids is 4. The predicted octanol–water partition coefficient (Wildman–Crippen LogP) is -3.40. The molecule has 0 amide bonds. The zero-order valence-electron chi connectivity index (χ0n) is 20.1. The second-order valence-corrected chi connectivity index (χ2v) is 6.63. The van der Waals surface area contributed by atoms with Crippen molar-refractivity contribution < 1.29 is 80.1 Å². The third-order valence-corrected chi connectivity index (χ3v) is 3.92. The molecular formula is C24H16IrN4O12. The Kier molecular flexibility index (Phi) is 15.3. The fourth-order valence-corrected chi connectivity index (χ4v) is 2.22. The van der Waals surface area contributed by atoms with E-state index in [2.05, 4.69) is 19.9 Å². The number of carbonyl (C=O) groups is 4. The molecule has 4 aromatic rings. The minimum absolute atomic E-state index is 0. The maximum atomic E-state index is 10.1. The Labute approximate surface area is 242 Å². The van der Waals surface area contributed by atoms with E-state index in [4.69, 9.17) is 20.4 Å². The van der Waals surface area contributed by atoms with Crippen molar-refractivity contribution in [3.05, 3.63) is 96.1 Å². The second kappa shape index (κ2) is 17.8. The van der Waals surface area contributed by atoms with E-state index < -0.39 is 46.7 Å². The number of hydrogen-bond acceptors (Lipinski definition) is 16. The van der Waals surface area contributed by atoms with Crippen molar-refractivity contribution in [2.45, 2.75) is 0 Å². The summed E-state index contributed by atoms with van der Waals surface area (Å²) in [6.45, 7) is 0. The van der Waals surface area contributed by atoms with Crippen molar-refractivity contribution in [1.29, 1.82) is 0 Å². The quantitative estimate of drug-likeness (QED) is 0.158. The molecule has 4 aromatic heterocycles. The van der Waals surface area contributed by atoms with Crippen molar-refractivity contribution >= 4 is 23.9 Å². The third kappa shape index (κ3) is 12.2. The van der Waals surface area contributed by atoms with Crippen LogP contribution in [0.2, 0.25) is 0 Å². The van der Waals surface area contributed by atoms with E-state index in [-0.39, 0.29) is 43.1 Å². The summed E-state index contributed by atoms with van der Waals surface area (Å²) in [6, 6.07) is 10.7. The van der Waals surface area contributed by atoms with Gasteiger partial charge in [-0.1, -0.05) is 0 Å². The van der Waals surface area contributed by atoms with Gasteiger partial charge in [-0.15, -0.1) is 0 Å². The first kappa shape index (κ1) is 35.3. The fourth-order valence-electron chi connectivity index (χ4n) is 2.22. The molecule has 0 atom stereocenters. The van der Waals surface area contributed by atoms with Gasteiger partial charge in [-0.2, -0.15) is 0 Å². The number of aromatic nitrogens is 4. The van der Waals surface area contributed by atoms with Crippen molar-refractivity contribution in [2.75, 3.05) is 0 Å². The smallest absolute Gasteiger partial charge is 0.543 e. The van der Waals surface area contributed by atoms with Crippen LogP contribution in [0, 0.1) is 0 Å². The van der Waals surface area contributed by atoms with Crippen LogP contribution in [0.1, 0.15) is 42.0 Å². The zero-order valence-corrected chi connectivity index (χ0v) is 22.5. The van der Waals surface area contributed by atoms with Crippen molar-refractivity contribution in [2.24, 2.45) is 0 Å². The fraction of sp³-hybridized carbons (Fsp3) is 0. The number of carboxylic acid groups (broad SMARTS) is 4. The van der Waals surface area contributed by atoms with Gasteiger partial charge in [0.2, 0.25) is 0 Å². The largest absolute Gasteiger partial charge is 4.00 e. The zero-order chi connectivity index (χ0) is 30.2. The first-order chi connectivity index (χ1) is 18.9. The molecule has 0 unspecified atom stereocenters. The molecule has 0 fully saturated rings. The molecule has 213 valence electrons. The molecule has 0 aliphatic rings. The molecule has 0 aliphatic heterocycles. The molecule has 4 rings (SSSR count). The normalized spacial score (nSPS) is 8.98. The molecule has 17 heteroatoms. The summed E-state index contributed by atoms with van der Waals surface area (Å²) in [5.41, 5.74) is -1.71. The van der Waals surface area contributed by atoms with Crippen LogP contribution in [0.25, 0.3) is 0 Å². The van der Waals surface area contributed by atoms with Gasteiger partial charge in [-0.05, 0) is 48.5 Å². The van der Waals surface area contributed by atoms with Crippen LogP contribution in [-0.2, 0) is 20.1 Å². The van der Waals surface area contributed by atoms with Crippen LogP contribution in [0.5, 0.6) is 23.0 Å². The Hall–Kier alpha value is -5.67. The molecule has 4 N–H and O–H groups in total. The van der Waals surface area contributed by atoms with E-state index in [0.717, 1.165) is 0 Å². The van der Waals surface area contributed by atoms with Gasteiger partial charge in [0.15, 0.2) is 0 Å². The van der Waals surface area contributed by atoms with Crippen molar-refractivity contribution in [3.8, 4) is 23.0 Å². The van der Waals surface area contributed by atoms with Gasteiger partial charge in [0.25, 0.3) is 0 Å². The predicted molar refractivity (Wildman–Crippen MR) is 121 cm³/mol. The average Bonchev–Trinajstić information content (AvgIpc) is 2.90. The van der Waals surface area contributed by atoms with Crippen LogP contribution in [-0.4, -0.2) is 64.2 Å². The monoisotopic (exact) mass is 745 g/mol. The van der Waals surface area contributed by atoms with Gasteiger partial charge in [0, 0.05) is 24.8 Å². The molecule has 1 radical (unpaired) electrons. The summed E-state index contributed by atoms with van der Waals surface area (Å²) in [7, 11) is 0. The number of nitrogens with zero attached hydrogens (tertiary/aromatic N) is 4. The second-order valence-electron chi connectivity index (χ2n) is 6.63. The summed E-state index contributed by atoms with van der Waals surface area (Å²) in [4.78, 5) is 53.8. The number of pyridine rings is 4. The number of rotatable bonds is 4. The van der Waals surface area contributed by atoms with Gasteiger partial charge in [-0.3, -0.25) is 19.9 Å². The summed E-state index contributed by atoms with van der Waals surface area (Å²) in [5.74, 6) is -7.39. The molecule has 4 heterocycles. The topological polar surface area (TPSA) is 293 Å². The summed E-state index contributed by atoms with van der Waals surface area (Å²) in [6.07, 6.45) is 5.07. The van der Waals surface area contributed by atoms with Crippen LogP contribution in [0.15, 0.2) is 73.3 Å². The van der Waals surface area contributed by atoms with Crippen LogP contribution >= 0.6 is 0 Å². The van der Waals surface area contributed by atoms with Gasteiger partial charge < -0.3 is 60.0 Å². The third-order valence-electron chi connectivity index (χ3n) is 3.92. The number of aromatic carboxylic acids is 4. The van der Waals surface area contributed by atoms with E-state index in [1.54, 1.807) is 0 Å². The number of hydrogen-bond donors (Lipinski definition) is 4. The van der Waals surface area contributed by atoms with E-state index >= 15 is 0 Å². The summed E-state index contributed by atoms with van der Waals surface area (Å²) >= 11 is 0. The molecular weight excluding hydrogens is 728 g/mol. The first-order valence-electron chi connectivity index (χ1n) is 10.3. The minimum Gasteiger partial charge on any atom is -0.543 e. The maximum absolute atomic E-state index is 10.1. The molecule has 0 saturated heterocycles. The molecule has 41 heavy (non-hydrogen) atoms. The van der Waals surface area contributed by atoms with Gasteiger partial charge in [-0.25, -0.2) is 0 Å². The molecule has 16 nitrogen and oxygen atoms in total. The standard InChI is InChI=1S/4C6H5NO3.Ir/c4*8-4-2-1-3-7-5(4)6(9)10;/h4*1-3,8H,(H,9,10);/q;;;;+4/p-4. The van der Waals surface area contributed by atoms with Crippen LogP contribution in [0.3, 0.4) is 0 Å². The van der Waals surface area contributed by atoms with Gasteiger partial charge in [0.1, 0.15) is 45.8 Å². The van der Waals surface area contributed by atoms with E-state index in [1.165, 1.54) is 73.3 Å². The number of carbonyl (C=O) groups excluding carboxylic acids is 4. The van der Waals surface area contributed by atoms with Gasteiger partial charge in [0.05, 0.1) is 23.9 Å². The number of aromatic hydroxyl groups is 4. The Balaban J connectivity index is 0.000000516. The molecule has 0 aromatic carbocycles. The summed E-state index contributed by atoms with van der Waals surface area (Å²) in [5, 5.41) is 75.5. The van der Waals surface area contributed by atoms with Crippen LogP contribution in [0.4, 0.5) is 0 Å². The van der Waals surface area contributed by atoms with E-state index in [9.17, 15) is 39.6 Å². The Morgan fingerprint density at radius 3 is 0.707 bits per heavy atom. The Morgan fingerprint density at radius 2 is 0.610 bits per heavy atom. The maximum Gasteiger partial charge on any atom is 4.00 e. The van der Waals surface area contributed by atoms with E-state index in [1.807, 2.05) is 0 Å². The Bertz CT molecular complexity index is 1260. The van der Waals surface area contributed by atoms with Gasteiger partial charge >= 0.3 is 20.1 Å². The minimum atomic E-state index is -1.47. The first-order valence-corrected chi connectivity index (χ1v) is 10.3. The molecule has 0 bridgehead atoms. The SMILES string of the molecule is O=C([O-])c1ncccc1O.O=C([O-])c1ncccc1O.O=C([O-])c1ncccc1O.O=C([O-])c1ncccc1O.[Ir+4]. The van der Waals surface area contributed by atoms with Crippen molar-refractivity contribution in [3.63, 3.8) is 0 Å². The average molecular weight is 745 g/mol. The molecule has 0 aliphatic carbocycles.